The van der Waals surface area contributed by atoms with E-state index in [2.05, 4.69) is 50.8 Å². The Morgan fingerprint density at radius 3 is 2.41 bits per heavy atom. The molecule has 0 unspecified atom stereocenters. The molecule has 3 aliphatic heterocycles. The normalized spacial score (nSPS) is 20.6. The van der Waals surface area contributed by atoms with Crippen molar-refractivity contribution in [3.63, 3.8) is 0 Å². The number of pyridine rings is 1. The summed E-state index contributed by atoms with van der Waals surface area (Å²) < 4.78 is 1.83. The molecular formula is C32H38ClN7O. The molecule has 41 heavy (non-hydrogen) atoms. The minimum absolute atomic E-state index is 0.392. The lowest BCUT2D eigenvalue weighted by Crippen LogP contribution is -2.50. The molecule has 8 nitrogen and oxygen atoms in total. The number of piperidine rings is 2. The number of benzene rings is 2. The smallest absolute Gasteiger partial charge is 0.247 e. The fourth-order valence-corrected chi connectivity index (χ4v) is 7.23. The van der Waals surface area contributed by atoms with Crippen LogP contribution < -0.4 is 15.5 Å². The molecular weight excluding hydrogens is 534 g/mol. The van der Waals surface area contributed by atoms with E-state index in [1.54, 1.807) is 0 Å². The highest BCUT2D eigenvalue weighted by molar-refractivity contribution is 6.30. The van der Waals surface area contributed by atoms with E-state index in [0.717, 1.165) is 55.3 Å². The average Bonchev–Trinajstić information content (AvgIpc) is 3.58. The SMILES string of the molecule is OC1(c2ccc(Cl)cc2)CCN(c2cccn3nc(Nc4ccc(CN5CCCC56CCNCC6)cc4)nc23)CC1. The van der Waals surface area contributed by atoms with Crippen molar-refractivity contribution in [3.05, 3.63) is 83.0 Å². The molecule has 4 aromatic rings. The van der Waals surface area contributed by atoms with Gasteiger partial charge in [0.2, 0.25) is 5.95 Å². The van der Waals surface area contributed by atoms with E-state index in [4.69, 9.17) is 21.7 Å². The molecule has 3 N–H and O–H groups in total. The minimum Gasteiger partial charge on any atom is -0.385 e. The molecule has 214 valence electrons. The number of nitrogens with one attached hydrogen (secondary N) is 2. The van der Waals surface area contributed by atoms with Gasteiger partial charge in [-0.05, 0) is 106 Å². The Morgan fingerprint density at radius 1 is 0.902 bits per heavy atom. The van der Waals surface area contributed by atoms with Crippen LogP contribution in [0, 0.1) is 0 Å². The lowest BCUT2D eigenvalue weighted by Gasteiger charge is -2.42. The van der Waals surface area contributed by atoms with E-state index in [0.29, 0.717) is 29.4 Å². The van der Waals surface area contributed by atoms with Gasteiger partial charge in [-0.3, -0.25) is 4.90 Å². The number of likely N-dealkylation sites (tertiary alicyclic amines) is 1. The van der Waals surface area contributed by atoms with Gasteiger partial charge >= 0.3 is 0 Å². The van der Waals surface area contributed by atoms with Crippen molar-refractivity contribution in [2.24, 2.45) is 0 Å². The van der Waals surface area contributed by atoms with Crippen LogP contribution in [0.15, 0.2) is 66.9 Å². The predicted molar refractivity (Wildman–Crippen MR) is 164 cm³/mol. The van der Waals surface area contributed by atoms with Gasteiger partial charge in [0.05, 0.1) is 11.3 Å². The van der Waals surface area contributed by atoms with Gasteiger partial charge in [0.15, 0.2) is 5.65 Å². The second-order valence-corrected chi connectivity index (χ2v) is 12.4. The molecule has 1 spiro atoms. The van der Waals surface area contributed by atoms with Crippen molar-refractivity contribution in [2.45, 2.75) is 56.2 Å². The Bertz CT molecular complexity index is 1490. The van der Waals surface area contributed by atoms with Crippen LogP contribution in [0.3, 0.4) is 0 Å². The number of nitrogens with zero attached hydrogens (tertiary/aromatic N) is 5. The summed E-state index contributed by atoms with van der Waals surface area (Å²) in [5.41, 5.74) is 4.64. The highest BCUT2D eigenvalue weighted by atomic mass is 35.5. The van der Waals surface area contributed by atoms with Crippen LogP contribution in [-0.2, 0) is 12.1 Å². The number of hydrogen-bond donors (Lipinski definition) is 3. The van der Waals surface area contributed by atoms with E-state index in [-0.39, 0.29) is 0 Å². The summed E-state index contributed by atoms with van der Waals surface area (Å²) in [7, 11) is 0. The maximum atomic E-state index is 11.3. The molecule has 3 aliphatic rings. The van der Waals surface area contributed by atoms with Gasteiger partial charge in [0, 0.05) is 42.1 Å². The average molecular weight is 572 g/mol. The molecule has 2 aromatic carbocycles. The van der Waals surface area contributed by atoms with Crippen LogP contribution >= 0.6 is 11.6 Å². The topological polar surface area (TPSA) is 81.0 Å². The summed E-state index contributed by atoms with van der Waals surface area (Å²) in [6.45, 7) is 5.94. The monoisotopic (exact) mass is 571 g/mol. The summed E-state index contributed by atoms with van der Waals surface area (Å²) in [4.78, 5) is 9.87. The van der Waals surface area contributed by atoms with Crippen molar-refractivity contribution in [3.8, 4) is 0 Å². The highest BCUT2D eigenvalue weighted by Crippen LogP contribution is 2.38. The van der Waals surface area contributed by atoms with E-state index in [9.17, 15) is 5.11 Å². The third-order valence-corrected chi connectivity index (χ3v) is 9.77. The fourth-order valence-electron chi connectivity index (χ4n) is 7.10. The molecule has 0 radical (unpaired) electrons. The van der Waals surface area contributed by atoms with Crippen molar-refractivity contribution < 1.29 is 5.11 Å². The van der Waals surface area contributed by atoms with Gasteiger partial charge in [0.25, 0.3) is 0 Å². The highest BCUT2D eigenvalue weighted by Gasteiger charge is 2.41. The minimum atomic E-state index is -0.846. The Morgan fingerprint density at radius 2 is 1.66 bits per heavy atom. The zero-order chi connectivity index (χ0) is 27.9. The summed E-state index contributed by atoms with van der Waals surface area (Å²) in [6, 6.07) is 20.4. The Labute approximate surface area is 246 Å². The molecule has 5 heterocycles. The molecule has 2 aromatic heterocycles. The molecule has 3 saturated heterocycles. The van der Waals surface area contributed by atoms with E-state index >= 15 is 0 Å². The predicted octanol–water partition coefficient (Wildman–Crippen LogP) is 5.33. The molecule has 0 atom stereocenters. The molecule has 0 amide bonds. The summed E-state index contributed by atoms with van der Waals surface area (Å²) in [5.74, 6) is 0.577. The van der Waals surface area contributed by atoms with Crippen molar-refractivity contribution in [1.82, 2.24) is 24.8 Å². The first-order valence-electron chi connectivity index (χ1n) is 14.9. The quantitative estimate of drug-likeness (QED) is 0.288. The number of rotatable bonds is 6. The molecule has 7 rings (SSSR count). The van der Waals surface area contributed by atoms with Gasteiger partial charge in [-0.15, -0.1) is 5.10 Å². The molecule has 9 heteroatoms. The number of halogens is 1. The van der Waals surface area contributed by atoms with E-state index in [1.165, 1.54) is 37.8 Å². The van der Waals surface area contributed by atoms with E-state index in [1.807, 2.05) is 41.0 Å². The Hall–Kier alpha value is -3.17. The largest absolute Gasteiger partial charge is 0.385 e. The zero-order valence-corrected chi connectivity index (χ0v) is 24.2. The second-order valence-electron chi connectivity index (χ2n) is 11.9. The van der Waals surface area contributed by atoms with Gasteiger partial charge in [-0.2, -0.15) is 4.98 Å². The third-order valence-electron chi connectivity index (χ3n) is 9.51. The second kappa shape index (κ2) is 10.9. The lowest BCUT2D eigenvalue weighted by atomic mass is 9.84. The zero-order valence-electron chi connectivity index (χ0n) is 23.4. The van der Waals surface area contributed by atoms with Crippen LogP contribution in [0.1, 0.15) is 49.7 Å². The molecule has 0 saturated carbocycles. The van der Waals surface area contributed by atoms with Crippen LogP contribution in [0.2, 0.25) is 5.02 Å². The molecule has 0 aliphatic carbocycles. The molecule has 3 fully saturated rings. The first kappa shape index (κ1) is 26.7. The first-order chi connectivity index (χ1) is 20.0. The first-order valence-corrected chi connectivity index (χ1v) is 15.3. The third kappa shape index (κ3) is 5.30. The standard InChI is InChI=1S/C32H38ClN7O/c33-26-8-6-25(7-9-26)32(41)15-21-38(22-16-32)28-3-1-20-40-29(28)36-30(37-40)35-27-10-4-24(5-11-27)23-39-19-2-12-31(39)13-17-34-18-14-31/h1,3-11,20,34,41H,2,12-19,21-23H2,(H,35,37). The Balaban J connectivity index is 1.02. The van der Waals surface area contributed by atoms with E-state index < -0.39 is 5.60 Å². The summed E-state index contributed by atoms with van der Waals surface area (Å²) >= 11 is 6.06. The number of hydrogen-bond acceptors (Lipinski definition) is 7. The van der Waals surface area contributed by atoms with Crippen LogP contribution in [0.4, 0.5) is 17.3 Å². The van der Waals surface area contributed by atoms with Crippen LogP contribution in [0.25, 0.3) is 5.65 Å². The van der Waals surface area contributed by atoms with Gasteiger partial charge in [-0.1, -0.05) is 35.9 Å². The van der Waals surface area contributed by atoms with Crippen molar-refractivity contribution in [2.75, 3.05) is 42.9 Å². The number of anilines is 3. The lowest BCUT2D eigenvalue weighted by molar-refractivity contribution is 0.0118. The maximum Gasteiger partial charge on any atom is 0.247 e. The summed E-state index contributed by atoms with van der Waals surface area (Å²) in [6.07, 6.45) is 8.36. The van der Waals surface area contributed by atoms with Gasteiger partial charge in [0.1, 0.15) is 0 Å². The number of aliphatic hydroxyl groups is 1. The fraction of sp³-hybridized carbons (Fsp3) is 0.438. The van der Waals surface area contributed by atoms with Gasteiger partial charge in [-0.25, -0.2) is 4.52 Å². The maximum absolute atomic E-state index is 11.3. The van der Waals surface area contributed by atoms with Crippen LogP contribution in [0.5, 0.6) is 0 Å². The molecule has 0 bridgehead atoms. The Kier molecular flexibility index (Phi) is 7.11. The van der Waals surface area contributed by atoms with Crippen molar-refractivity contribution in [1.29, 1.82) is 0 Å². The summed E-state index contributed by atoms with van der Waals surface area (Å²) in [5, 5.41) is 23.6. The van der Waals surface area contributed by atoms with Gasteiger partial charge < -0.3 is 20.6 Å². The number of fused-ring (bicyclic) bond motifs is 1. The van der Waals surface area contributed by atoms with Crippen LogP contribution in [-0.4, -0.2) is 62.9 Å². The van der Waals surface area contributed by atoms with Crippen molar-refractivity contribution >= 4 is 34.6 Å². The number of aromatic nitrogens is 3.